The van der Waals surface area contributed by atoms with Crippen LogP contribution in [0.25, 0.3) is 0 Å². The van der Waals surface area contributed by atoms with Crippen LogP contribution >= 0.6 is 0 Å². The van der Waals surface area contributed by atoms with Gasteiger partial charge in [-0.3, -0.25) is 9.59 Å². The molecule has 3 atom stereocenters. The molecule has 0 saturated heterocycles. The Morgan fingerprint density at radius 1 is 1.27 bits per heavy atom. The largest absolute Gasteiger partial charge is 0.468 e. The van der Waals surface area contributed by atoms with E-state index in [0.29, 0.717) is 24.2 Å². The van der Waals surface area contributed by atoms with Crippen molar-refractivity contribution in [2.75, 3.05) is 13.7 Å². The van der Waals surface area contributed by atoms with E-state index in [1.165, 1.54) is 13.2 Å². The Morgan fingerprint density at radius 3 is 2.60 bits per heavy atom. The average molecular weight is 415 g/mol. The fraction of sp³-hybridized carbons (Fsp3) is 0.435. The van der Waals surface area contributed by atoms with Gasteiger partial charge in [0.05, 0.1) is 25.2 Å². The summed E-state index contributed by atoms with van der Waals surface area (Å²) in [6.07, 6.45) is 1.03. The molecule has 0 aromatic heterocycles. The summed E-state index contributed by atoms with van der Waals surface area (Å²) >= 11 is 0. The third-order valence-corrected chi connectivity index (χ3v) is 5.62. The van der Waals surface area contributed by atoms with Gasteiger partial charge in [-0.15, -0.1) is 0 Å². The number of allylic oxidation sites excluding steroid dienone is 3. The fourth-order valence-corrected chi connectivity index (χ4v) is 4.24. The van der Waals surface area contributed by atoms with E-state index in [1.54, 1.807) is 32.0 Å². The van der Waals surface area contributed by atoms with Gasteiger partial charge in [0.2, 0.25) is 0 Å². The Hall–Kier alpha value is -2.96. The fourth-order valence-electron chi connectivity index (χ4n) is 4.24. The van der Waals surface area contributed by atoms with Crippen molar-refractivity contribution in [3.8, 4) is 0 Å². The van der Waals surface area contributed by atoms with Gasteiger partial charge < -0.3 is 14.8 Å². The van der Waals surface area contributed by atoms with E-state index in [4.69, 9.17) is 9.47 Å². The number of benzene rings is 1. The molecule has 0 bridgehead atoms. The minimum absolute atomic E-state index is 0.179. The molecule has 1 aliphatic carbocycles. The molecule has 1 aromatic rings. The molecule has 0 saturated carbocycles. The van der Waals surface area contributed by atoms with Crippen LogP contribution in [0.4, 0.5) is 4.39 Å². The van der Waals surface area contributed by atoms with E-state index < -0.39 is 35.4 Å². The molecule has 7 heteroatoms. The Kier molecular flexibility index (Phi) is 6.39. The second-order valence-corrected chi connectivity index (χ2v) is 7.69. The Labute approximate surface area is 175 Å². The number of esters is 2. The summed E-state index contributed by atoms with van der Waals surface area (Å²) < 4.78 is 25.0. The van der Waals surface area contributed by atoms with Gasteiger partial charge in [-0.2, -0.15) is 0 Å². The first kappa shape index (κ1) is 21.7. The lowest BCUT2D eigenvalue weighted by atomic mass is 9.69. The monoisotopic (exact) mass is 415 g/mol. The Morgan fingerprint density at radius 2 is 1.97 bits per heavy atom. The maximum absolute atomic E-state index is 14.9. The van der Waals surface area contributed by atoms with Crippen LogP contribution in [0, 0.1) is 17.7 Å². The highest BCUT2D eigenvalue weighted by molar-refractivity contribution is 6.12. The first-order valence-electron chi connectivity index (χ1n) is 10.1. The smallest absolute Gasteiger partial charge is 0.336 e. The van der Waals surface area contributed by atoms with Crippen LogP contribution in [0.1, 0.15) is 45.1 Å². The molecule has 0 amide bonds. The summed E-state index contributed by atoms with van der Waals surface area (Å²) in [5, 5.41) is 3.15. The second kappa shape index (κ2) is 8.81. The Bertz CT molecular complexity index is 949. The molecule has 0 spiro atoms. The maximum Gasteiger partial charge on any atom is 0.336 e. The van der Waals surface area contributed by atoms with E-state index in [0.717, 1.165) is 0 Å². The highest BCUT2D eigenvalue weighted by Crippen LogP contribution is 2.45. The molecule has 160 valence electrons. The summed E-state index contributed by atoms with van der Waals surface area (Å²) in [6, 6.07) is 6.03. The van der Waals surface area contributed by atoms with Gasteiger partial charge in [0.15, 0.2) is 5.78 Å². The van der Waals surface area contributed by atoms with Crippen molar-refractivity contribution in [3.63, 3.8) is 0 Å². The number of nitrogens with one attached hydrogen (secondary N) is 1. The van der Waals surface area contributed by atoms with Gasteiger partial charge in [0, 0.05) is 22.5 Å². The van der Waals surface area contributed by atoms with Crippen molar-refractivity contribution in [2.45, 2.75) is 39.5 Å². The summed E-state index contributed by atoms with van der Waals surface area (Å²) in [4.78, 5) is 38.7. The third kappa shape index (κ3) is 3.76. The first-order chi connectivity index (χ1) is 14.3. The highest BCUT2D eigenvalue weighted by atomic mass is 19.1. The van der Waals surface area contributed by atoms with Gasteiger partial charge in [-0.25, -0.2) is 9.18 Å². The van der Waals surface area contributed by atoms with Crippen molar-refractivity contribution < 1.29 is 28.2 Å². The van der Waals surface area contributed by atoms with Crippen LogP contribution in [-0.4, -0.2) is 31.4 Å². The number of hydrogen-bond donors (Lipinski definition) is 1. The van der Waals surface area contributed by atoms with Crippen molar-refractivity contribution in [2.24, 2.45) is 11.8 Å². The van der Waals surface area contributed by atoms with E-state index in [1.807, 2.05) is 6.92 Å². The minimum Gasteiger partial charge on any atom is -0.468 e. The van der Waals surface area contributed by atoms with Gasteiger partial charge in [0.25, 0.3) is 0 Å². The van der Waals surface area contributed by atoms with Crippen LogP contribution in [0.3, 0.4) is 0 Å². The Balaban J connectivity index is 2.18. The molecule has 1 aliphatic heterocycles. The molecule has 1 heterocycles. The van der Waals surface area contributed by atoms with Crippen molar-refractivity contribution in [3.05, 3.63) is 58.2 Å². The molecule has 2 aliphatic rings. The number of dihydropyridines is 1. The van der Waals surface area contributed by atoms with Crippen LogP contribution in [0.15, 0.2) is 46.8 Å². The van der Waals surface area contributed by atoms with E-state index >= 15 is 0 Å². The molecule has 3 rings (SSSR count). The third-order valence-electron chi connectivity index (χ3n) is 5.62. The van der Waals surface area contributed by atoms with Crippen LogP contribution in [-0.2, 0) is 23.9 Å². The molecular weight excluding hydrogens is 389 g/mol. The molecule has 6 nitrogen and oxygen atoms in total. The average Bonchev–Trinajstić information content (AvgIpc) is 2.71. The molecule has 1 aromatic carbocycles. The van der Waals surface area contributed by atoms with Crippen molar-refractivity contribution in [1.82, 2.24) is 5.32 Å². The lowest BCUT2D eigenvalue weighted by Crippen LogP contribution is -2.43. The predicted molar refractivity (Wildman–Crippen MR) is 108 cm³/mol. The number of halogens is 1. The quantitative estimate of drug-likeness (QED) is 0.586. The summed E-state index contributed by atoms with van der Waals surface area (Å²) in [5.74, 6) is -4.49. The summed E-state index contributed by atoms with van der Waals surface area (Å²) in [6.45, 7) is 5.59. The standard InChI is InChI=1S/C23H26FNO5/c1-5-10-30-23(28)18-13(3)25-16-11-12(2)17(22(27)29-4)21(26)20(16)19(18)14-8-6-7-9-15(14)24/h6-9,12,17,19,25H,5,10-11H2,1-4H3. The number of ketones is 1. The number of hydrogen-bond acceptors (Lipinski definition) is 6. The van der Waals surface area contributed by atoms with Gasteiger partial charge >= 0.3 is 11.9 Å². The number of methoxy groups -OCH3 is 1. The van der Waals surface area contributed by atoms with Crippen LogP contribution < -0.4 is 5.32 Å². The van der Waals surface area contributed by atoms with Gasteiger partial charge in [-0.1, -0.05) is 32.0 Å². The van der Waals surface area contributed by atoms with Gasteiger partial charge in [0.1, 0.15) is 11.7 Å². The van der Waals surface area contributed by atoms with Gasteiger partial charge in [-0.05, 0) is 31.7 Å². The molecule has 30 heavy (non-hydrogen) atoms. The zero-order valence-electron chi connectivity index (χ0n) is 17.6. The normalized spacial score (nSPS) is 23.6. The van der Waals surface area contributed by atoms with Crippen LogP contribution in [0.2, 0.25) is 0 Å². The predicted octanol–water partition coefficient (Wildman–Crippen LogP) is 3.39. The van der Waals surface area contributed by atoms with E-state index in [2.05, 4.69) is 5.32 Å². The minimum atomic E-state index is -1.00. The molecule has 1 N–H and O–H groups in total. The van der Waals surface area contributed by atoms with E-state index in [-0.39, 0.29) is 29.2 Å². The molecule has 0 radical (unpaired) electrons. The number of rotatable bonds is 5. The topological polar surface area (TPSA) is 81.7 Å². The highest BCUT2D eigenvalue weighted by Gasteiger charge is 2.47. The van der Waals surface area contributed by atoms with Crippen molar-refractivity contribution >= 4 is 17.7 Å². The molecular formula is C23H26FNO5. The molecule has 3 unspecified atom stereocenters. The first-order valence-corrected chi connectivity index (χ1v) is 10.1. The number of Topliss-reactive ketones (excluding diaryl/α,β-unsaturated/α-hetero) is 1. The summed E-state index contributed by atoms with van der Waals surface area (Å²) in [7, 11) is 1.23. The zero-order valence-corrected chi connectivity index (χ0v) is 17.6. The zero-order chi connectivity index (χ0) is 22.0. The summed E-state index contributed by atoms with van der Waals surface area (Å²) in [5.41, 5.74) is 1.72. The number of ether oxygens (including phenoxy) is 2. The lowest BCUT2D eigenvalue weighted by Gasteiger charge is -2.38. The van der Waals surface area contributed by atoms with Crippen LogP contribution in [0.5, 0.6) is 0 Å². The second-order valence-electron chi connectivity index (χ2n) is 7.69. The van der Waals surface area contributed by atoms with E-state index in [9.17, 15) is 18.8 Å². The SMILES string of the molecule is CCCOC(=O)C1=C(C)NC2=C(C(=O)C(C(=O)OC)C(C)C2)C1c1ccccc1F. The lowest BCUT2D eigenvalue weighted by molar-refractivity contribution is -0.151. The maximum atomic E-state index is 14.9. The van der Waals surface area contributed by atoms with Crippen molar-refractivity contribution in [1.29, 1.82) is 0 Å². The number of carbonyl (C=O) groups is 3. The number of carbonyl (C=O) groups excluding carboxylic acids is 3. The molecule has 0 fully saturated rings.